The van der Waals surface area contributed by atoms with Gasteiger partial charge >= 0.3 is 6.03 Å². The number of carbonyl (C=O) groups excluding carboxylic acids is 1. The molecule has 2 aliphatic rings. The number of anilines is 1. The molecule has 2 aromatic heterocycles. The molecule has 2 fully saturated rings. The van der Waals surface area contributed by atoms with Crippen LogP contribution in [0.1, 0.15) is 25.7 Å². The summed E-state index contributed by atoms with van der Waals surface area (Å²) in [5.74, 6) is 1.75. The number of carbonyl (C=O) groups is 1. The third kappa shape index (κ3) is 5.19. The van der Waals surface area contributed by atoms with E-state index in [1.807, 2.05) is 24.3 Å². The minimum absolute atomic E-state index is 0.108. The van der Waals surface area contributed by atoms with E-state index >= 15 is 0 Å². The number of nitrogens with two attached hydrogens (primary N) is 1. The van der Waals surface area contributed by atoms with Crippen LogP contribution in [0, 0.1) is 0 Å². The summed E-state index contributed by atoms with van der Waals surface area (Å²) in [6.07, 6.45) is 7.32. The van der Waals surface area contributed by atoms with Crippen LogP contribution in [0.5, 0.6) is 17.2 Å². The van der Waals surface area contributed by atoms with Crippen molar-refractivity contribution in [3.63, 3.8) is 0 Å². The third-order valence-electron chi connectivity index (χ3n) is 6.95. The number of nitrogen functional groups attached to an aromatic ring is 1. The topological polar surface area (TPSA) is 115 Å². The fraction of sp³-hybridized carbons (Fsp3) is 0.357. The Labute approximate surface area is 214 Å². The number of ether oxygens (including phenoxy) is 2. The van der Waals surface area contributed by atoms with Crippen LogP contribution in [-0.2, 0) is 0 Å². The molecule has 4 N–H and O–H groups in total. The van der Waals surface area contributed by atoms with Crippen molar-refractivity contribution >= 4 is 33.5 Å². The molecule has 1 saturated carbocycles. The van der Waals surface area contributed by atoms with Crippen molar-refractivity contribution < 1.29 is 19.4 Å². The fourth-order valence-corrected chi connectivity index (χ4v) is 4.84. The molecule has 1 saturated heterocycles. The van der Waals surface area contributed by atoms with E-state index < -0.39 is 6.10 Å². The van der Waals surface area contributed by atoms with E-state index in [9.17, 15) is 9.90 Å². The minimum Gasteiger partial charge on any atom is -0.489 e. The molecule has 192 valence electrons. The van der Waals surface area contributed by atoms with Crippen LogP contribution in [0.15, 0.2) is 54.9 Å². The van der Waals surface area contributed by atoms with Gasteiger partial charge in [-0.05, 0) is 75.2 Å². The number of aliphatic hydroxyl groups excluding tert-OH is 1. The van der Waals surface area contributed by atoms with Gasteiger partial charge in [0.2, 0.25) is 0 Å². The third-order valence-corrected chi connectivity index (χ3v) is 6.95. The molecule has 3 heterocycles. The van der Waals surface area contributed by atoms with Crippen LogP contribution in [0.2, 0.25) is 0 Å². The van der Waals surface area contributed by atoms with Gasteiger partial charge in [-0.25, -0.2) is 4.79 Å². The summed E-state index contributed by atoms with van der Waals surface area (Å²) in [6, 6.07) is 13.1. The second-order valence-corrected chi connectivity index (χ2v) is 9.92. The molecule has 0 radical (unpaired) electrons. The van der Waals surface area contributed by atoms with Crippen LogP contribution >= 0.6 is 0 Å². The number of nitrogens with zero attached hydrogens (tertiary/aromatic N) is 3. The normalized spacial score (nSPS) is 16.8. The van der Waals surface area contributed by atoms with E-state index in [1.165, 1.54) is 12.8 Å². The van der Waals surface area contributed by atoms with E-state index in [0.29, 0.717) is 41.0 Å². The number of hydrogen-bond donors (Lipinski definition) is 3. The molecule has 1 atom stereocenters. The predicted molar refractivity (Wildman–Crippen MR) is 142 cm³/mol. The van der Waals surface area contributed by atoms with Gasteiger partial charge in [-0.2, -0.15) is 0 Å². The monoisotopic (exact) mass is 501 g/mol. The maximum absolute atomic E-state index is 12.5. The molecule has 1 aliphatic carbocycles. The Morgan fingerprint density at radius 2 is 1.97 bits per heavy atom. The van der Waals surface area contributed by atoms with Gasteiger partial charge in [0.25, 0.3) is 0 Å². The van der Waals surface area contributed by atoms with E-state index in [2.05, 4.69) is 15.2 Å². The molecule has 37 heavy (non-hydrogen) atoms. The summed E-state index contributed by atoms with van der Waals surface area (Å²) < 4.78 is 13.7. The number of β-amino-alcohol motifs (C(OH)–C–C–N with tert-alkyl or cyclic N) is 1. The number of hydrogen-bond acceptors (Lipinski definition) is 7. The van der Waals surface area contributed by atoms with Crippen molar-refractivity contribution in [3.05, 3.63) is 54.9 Å². The maximum Gasteiger partial charge on any atom is 0.326 e. The van der Waals surface area contributed by atoms with Gasteiger partial charge in [-0.15, -0.1) is 0 Å². The Bertz CT molecular complexity index is 1440. The zero-order valence-corrected chi connectivity index (χ0v) is 20.6. The Morgan fingerprint density at radius 1 is 1.14 bits per heavy atom. The van der Waals surface area contributed by atoms with Crippen LogP contribution < -0.4 is 20.5 Å². The molecule has 0 unspecified atom stereocenters. The summed E-state index contributed by atoms with van der Waals surface area (Å²) in [4.78, 5) is 19.2. The highest BCUT2D eigenvalue weighted by atomic mass is 16.5. The summed E-state index contributed by atoms with van der Waals surface area (Å²) in [7, 11) is 0. The number of amides is 1. The Balaban J connectivity index is 1.18. The fourth-order valence-electron chi connectivity index (χ4n) is 4.84. The number of likely N-dealkylation sites (tertiary alicyclic amines) is 1. The number of aliphatic hydroxyl groups is 1. The molecule has 9 heteroatoms. The first-order valence-corrected chi connectivity index (χ1v) is 12.8. The SMILES string of the molecule is Nc1cc2c(Oc3ccc4c(ccn4C(=O)NC4CC4)c3)ccnc2cc1OC[C@H](O)CN1CCCC1. The molecule has 0 spiro atoms. The number of benzene rings is 2. The highest BCUT2D eigenvalue weighted by Crippen LogP contribution is 2.35. The van der Waals surface area contributed by atoms with Gasteiger partial charge in [-0.3, -0.25) is 9.55 Å². The van der Waals surface area contributed by atoms with Crippen molar-refractivity contribution in [2.75, 3.05) is 32.0 Å². The summed E-state index contributed by atoms with van der Waals surface area (Å²) >= 11 is 0. The number of fused-ring (bicyclic) bond motifs is 2. The van der Waals surface area contributed by atoms with Gasteiger partial charge in [0.05, 0.1) is 16.7 Å². The zero-order valence-electron chi connectivity index (χ0n) is 20.6. The van der Waals surface area contributed by atoms with Crippen molar-refractivity contribution in [2.24, 2.45) is 0 Å². The number of pyridine rings is 1. The standard InChI is InChI=1S/C28H31N5O4/c29-23-14-22-24(15-27(23)36-17-20(34)16-32-10-1-2-11-32)30-9-7-26(22)37-21-5-6-25-18(13-21)8-12-33(25)28(35)31-19-3-4-19/h5-9,12-15,19-20,34H,1-4,10-11,16-17,29H2,(H,31,35)/t20-/m1/s1. The average molecular weight is 502 g/mol. The predicted octanol–water partition coefficient (Wildman–Crippen LogP) is 4.12. The molecule has 0 bridgehead atoms. The number of nitrogens with one attached hydrogen (secondary N) is 1. The molecule has 1 amide bonds. The van der Waals surface area contributed by atoms with Crippen molar-refractivity contribution in [1.29, 1.82) is 0 Å². The van der Waals surface area contributed by atoms with Gasteiger partial charge in [-0.1, -0.05) is 0 Å². The van der Waals surface area contributed by atoms with Crippen molar-refractivity contribution in [3.8, 4) is 17.2 Å². The summed E-state index contributed by atoms with van der Waals surface area (Å²) in [5, 5.41) is 15.0. The van der Waals surface area contributed by atoms with Crippen LogP contribution in [0.25, 0.3) is 21.8 Å². The quantitative estimate of drug-likeness (QED) is 0.311. The lowest BCUT2D eigenvalue weighted by molar-refractivity contribution is 0.0762. The highest BCUT2D eigenvalue weighted by molar-refractivity contribution is 5.93. The van der Waals surface area contributed by atoms with Crippen molar-refractivity contribution in [1.82, 2.24) is 19.8 Å². The molecular formula is C28H31N5O4. The van der Waals surface area contributed by atoms with Crippen LogP contribution in [-0.4, -0.2) is 64.0 Å². The smallest absolute Gasteiger partial charge is 0.326 e. The molecule has 1 aliphatic heterocycles. The lowest BCUT2D eigenvalue weighted by atomic mass is 10.1. The largest absolute Gasteiger partial charge is 0.489 e. The molecule has 4 aromatic rings. The number of aromatic nitrogens is 2. The van der Waals surface area contributed by atoms with Crippen LogP contribution in [0.4, 0.5) is 10.5 Å². The van der Waals surface area contributed by atoms with Gasteiger partial charge in [0.1, 0.15) is 30.0 Å². The molecule has 9 nitrogen and oxygen atoms in total. The average Bonchev–Trinajstić information content (AvgIpc) is 3.36. The van der Waals surface area contributed by atoms with Gasteiger partial charge in [0, 0.05) is 41.8 Å². The van der Waals surface area contributed by atoms with Gasteiger partial charge in [0.15, 0.2) is 0 Å². The minimum atomic E-state index is -0.583. The van der Waals surface area contributed by atoms with E-state index in [1.54, 1.807) is 35.2 Å². The van der Waals surface area contributed by atoms with E-state index in [0.717, 1.165) is 42.2 Å². The van der Waals surface area contributed by atoms with E-state index in [4.69, 9.17) is 15.2 Å². The Kier molecular flexibility index (Phi) is 6.31. The Morgan fingerprint density at radius 3 is 2.78 bits per heavy atom. The second kappa shape index (κ2) is 9.91. The molecule has 2 aromatic carbocycles. The first kappa shape index (κ1) is 23.6. The van der Waals surface area contributed by atoms with Crippen molar-refractivity contribution in [2.45, 2.75) is 37.8 Å². The first-order valence-electron chi connectivity index (χ1n) is 12.8. The summed E-state index contributed by atoms with van der Waals surface area (Å²) in [5.41, 5.74) is 8.26. The second-order valence-electron chi connectivity index (χ2n) is 9.92. The maximum atomic E-state index is 12.5. The van der Waals surface area contributed by atoms with Crippen LogP contribution in [0.3, 0.4) is 0 Å². The first-order chi connectivity index (χ1) is 18.0. The van der Waals surface area contributed by atoms with E-state index in [-0.39, 0.29) is 12.6 Å². The summed E-state index contributed by atoms with van der Waals surface area (Å²) in [6.45, 7) is 2.82. The number of rotatable bonds is 8. The Hall–Kier alpha value is -3.82. The highest BCUT2D eigenvalue weighted by Gasteiger charge is 2.24. The lowest BCUT2D eigenvalue weighted by Crippen LogP contribution is -2.33. The van der Waals surface area contributed by atoms with Gasteiger partial charge < -0.3 is 30.5 Å². The zero-order chi connectivity index (χ0) is 25.4. The molecule has 6 rings (SSSR count). The molecular weight excluding hydrogens is 470 g/mol. The lowest BCUT2D eigenvalue weighted by Gasteiger charge is -2.20.